The molecule has 1 fully saturated rings. The lowest BCUT2D eigenvalue weighted by Crippen LogP contribution is -2.21. The zero-order chi connectivity index (χ0) is 11.4. The van der Waals surface area contributed by atoms with Crippen molar-refractivity contribution in [2.45, 2.75) is 25.4 Å². The van der Waals surface area contributed by atoms with Crippen LogP contribution in [0.3, 0.4) is 0 Å². The monoisotopic (exact) mass is 217 g/mol. The van der Waals surface area contributed by atoms with Crippen LogP contribution in [0.5, 0.6) is 0 Å². The number of aliphatic hydroxyl groups is 1. The molecule has 0 saturated carbocycles. The van der Waals surface area contributed by atoms with Crippen molar-refractivity contribution in [2.24, 2.45) is 0 Å². The van der Waals surface area contributed by atoms with Crippen molar-refractivity contribution < 1.29 is 5.11 Å². The summed E-state index contributed by atoms with van der Waals surface area (Å²) in [6.07, 6.45) is 3.46. The number of rotatable bonds is 3. The first-order chi connectivity index (χ1) is 7.83. The number of anilines is 1. The average Bonchev–Trinajstić information content (AvgIpc) is 2.83. The van der Waals surface area contributed by atoms with Crippen molar-refractivity contribution in [1.29, 1.82) is 5.26 Å². The third-order valence-corrected chi connectivity index (χ3v) is 2.87. The maximum absolute atomic E-state index is 9.87. The molecule has 1 aliphatic heterocycles. The number of nitriles is 1. The van der Waals surface area contributed by atoms with Crippen molar-refractivity contribution >= 4 is 5.82 Å². The van der Waals surface area contributed by atoms with Crippen LogP contribution in [0.1, 0.15) is 30.9 Å². The molecule has 1 aliphatic rings. The third-order valence-electron chi connectivity index (χ3n) is 2.87. The Kier molecular flexibility index (Phi) is 3.37. The molecule has 1 unspecified atom stereocenters. The van der Waals surface area contributed by atoms with Crippen LogP contribution in [0, 0.1) is 11.3 Å². The Morgan fingerprint density at radius 1 is 1.50 bits per heavy atom. The minimum Gasteiger partial charge on any atom is -0.387 e. The summed E-state index contributed by atoms with van der Waals surface area (Å²) in [5.74, 6) is 0.836. The van der Waals surface area contributed by atoms with Gasteiger partial charge in [0, 0.05) is 24.8 Å². The van der Waals surface area contributed by atoms with E-state index in [1.165, 1.54) is 12.8 Å². The van der Waals surface area contributed by atoms with Gasteiger partial charge in [0.25, 0.3) is 0 Å². The van der Waals surface area contributed by atoms with E-state index in [1.54, 1.807) is 12.3 Å². The Morgan fingerprint density at radius 3 is 2.94 bits per heavy atom. The topological polar surface area (TPSA) is 60.1 Å². The predicted octanol–water partition coefficient (Wildman–Crippen LogP) is 1.63. The molecule has 84 valence electrons. The smallest absolute Gasteiger partial charge is 0.134 e. The largest absolute Gasteiger partial charge is 0.387 e. The fraction of sp³-hybridized carbons (Fsp3) is 0.500. The van der Waals surface area contributed by atoms with Gasteiger partial charge in [0.05, 0.1) is 18.6 Å². The summed E-state index contributed by atoms with van der Waals surface area (Å²) < 4.78 is 0. The van der Waals surface area contributed by atoms with Gasteiger partial charge in [-0.15, -0.1) is 0 Å². The minimum atomic E-state index is -0.728. The van der Waals surface area contributed by atoms with E-state index in [0.717, 1.165) is 24.5 Å². The SMILES string of the molecule is N#CCC(O)c1cccnc1N1CCCC1. The standard InChI is InChI=1S/C12H15N3O/c13-6-5-11(16)10-4-3-7-14-12(10)15-8-1-2-9-15/h3-4,7,11,16H,1-2,5,8-9H2. The average molecular weight is 217 g/mol. The molecule has 0 bridgehead atoms. The molecule has 2 heterocycles. The second-order valence-corrected chi connectivity index (χ2v) is 3.99. The van der Waals surface area contributed by atoms with Gasteiger partial charge in [0.1, 0.15) is 5.82 Å². The van der Waals surface area contributed by atoms with Gasteiger partial charge in [0.2, 0.25) is 0 Å². The second kappa shape index (κ2) is 4.95. The molecule has 0 aromatic carbocycles. The van der Waals surface area contributed by atoms with E-state index in [4.69, 9.17) is 5.26 Å². The Morgan fingerprint density at radius 2 is 2.25 bits per heavy atom. The molecule has 1 saturated heterocycles. The molecule has 4 nitrogen and oxygen atoms in total. The van der Waals surface area contributed by atoms with E-state index < -0.39 is 6.10 Å². The molecule has 1 aromatic rings. The molecule has 4 heteroatoms. The number of hydrogen-bond donors (Lipinski definition) is 1. The van der Waals surface area contributed by atoms with Crippen molar-refractivity contribution in [3.05, 3.63) is 23.9 Å². The van der Waals surface area contributed by atoms with Gasteiger partial charge in [0.15, 0.2) is 0 Å². The fourth-order valence-corrected chi connectivity index (χ4v) is 2.06. The first kappa shape index (κ1) is 10.9. The summed E-state index contributed by atoms with van der Waals surface area (Å²) in [6.45, 7) is 1.98. The van der Waals surface area contributed by atoms with Gasteiger partial charge in [-0.05, 0) is 18.9 Å². The van der Waals surface area contributed by atoms with Gasteiger partial charge in [-0.2, -0.15) is 5.26 Å². The van der Waals surface area contributed by atoms with E-state index in [9.17, 15) is 5.11 Å². The predicted molar refractivity (Wildman–Crippen MR) is 60.9 cm³/mol. The highest BCUT2D eigenvalue weighted by Gasteiger charge is 2.20. The summed E-state index contributed by atoms with van der Waals surface area (Å²) in [4.78, 5) is 6.50. The molecule has 0 amide bonds. The number of nitrogens with zero attached hydrogens (tertiary/aromatic N) is 3. The van der Waals surface area contributed by atoms with Crippen molar-refractivity contribution in [3.63, 3.8) is 0 Å². The zero-order valence-electron chi connectivity index (χ0n) is 9.13. The normalized spacial score (nSPS) is 17.1. The van der Waals surface area contributed by atoms with Crippen LogP contribution in [0.15, 0.2) is 18.3 Å². The van der Waals surface area contributed by atoms with E-state index in [-0.39, 0.29) is 6.42 Å². The molecule has 1 N–H and O–H groups in total. The second-order valence-electron chi connectivity index (χ2n) is 3.99. The van der Waals surface area contributed by atoms with E-state index in [1.807, 2.05) is 12.1 Å². The molecule has 16 heavy (non-hydrogen) atoms. The number of hydrogen-bond acceptors (Lipinski definition) is 4. The molecule has 1 aromatic heterocycles. The van der Waals surface area contributed by atoms with Crippen LogP contribution in [0.2, 0.25) is 0 Å². The van der Waals surface area contributed by atoms with Gasteiger partial charge in [-0.3, -0.25) is 0 Å². The quantitative estimate of drug-likeness (QED) is 0.836. The van der Waals surface area contributed by atoms with Crippen molar-refractivity contribution in [1.82, 2.24) is 4.98 Å². The molecule has 0 radical (unpaired) electrons. The number of aliphatic hydroxyl groups excluding tert-OH is 1. The first-order valence-corrected chi connectivity index (χ1v) is 5.58. The van der Waals surface area contributed by atoms with Crippen LogP contribution in [0.4, 0.5) is 5.82 Å². The van der Waals surface area contributed by atoms with Crippen LogP contribution in [-0.2, 0) is 0 Å². The van der Waals surface area contributed by atoms with Crippen LogP contribution in [-0.4, -0.2) is 23.2 Å². The lowest BCUT2D eigenvalue weighted by Gasteiger charge is -2.21. The lowest BCUT2D eigenvalue weighted by atomic mass is 10.1. The van der Waals surface area contributed by atoms with Gasteiger partial charge in [-0.1, -0.05) is 6.07 Å². The van der Waals surface area contributed by atoms with E-state index in [2.05, 4.69) is 9.88 Å². The molecule has 2 rings (SSSR count). The summed E-state index contributed by atoms with van der Waals surface area (Å²) in [7, 11) is 0. The van der Waals surface area contributed by atoms with E-state index >= 15 is 0 Å². The Balaban J connectivity index is 2.26. The summed E-state index contributed by atoms with van der Waals surface area (Å²) in [5, 5.41) is 18.5. The highest BCUT2D eigenvalue weighted by atomic mass is 16.3. The van der Waals surface area contributed by atoms with Gasteiger partial charge >= 0.3 is 0 Å². The van der Waals surface area contributed by atoms with Crippen LogP contribution in [0.25, 0.3) is 0 Å². The zero-order valence-corrected chi connectivity index (χ0v) is 9.13. The third kappa shape index (κ3) is 2.15. The molecule has 0 aliphatic carbocycles. The maximum Gasteiger partial charge on any atom is 0.134 e. The van der Waals surface area contributed by atoms with Crippen molar-refractivity contribution in [3.8, 4) is 6.07 Å². The maximum atomic E-state index is 9.87. The summed E-state index contributed by atoms with van der Waals surface area (Å²) in [5.41, 5.74) is 0.769. The molecular weight excluding hydrogens is 202 g/mol. The molecule has 0 spiro atoms. The molecule has 1 atom stereocenters. The summed E-state index contributed by atoms with van der Waals surface area (Å²) in [6, 6.07) is 5.64. The Labute approximate surface area is 95.1 Å². The Hall–Kier alpha value is -1.60. The minimum absolute atomic E-state index is 0.118. The van der Waals surface area contributed by atoms with Gasteiger partial charge < -0.3 is 10.0 Å². The van der Waals surface area contributed by atoms with Crippen LogP contribution >= 0.6 is 0 Å². The van der Waals surface area contributed by atoms with E-state index in [0.29, 0.717) is 0 Å². The molecular formula is C12H15N3O. The fourth-order valence-electron chi connectivity index (χ4n) is 2.06. The van der Waals surface area contributed by atoms with Crippen molar-refractivity contribution in [2.75, 3.05) is 18.0 Å². The highest BCUT2D eigenvalue weighted by Crippen LogP contribution is 2.28. The van der Waals surface area contributed by atoms with Gasteiger partial charge in [-0.25, -0.2) is 4.98 Å². The van der Waals surface area contributed by atoms with Crippen LogP contribution < -0.4 is 4.90 Å². The summed E-state index contributed by atoms with van der Waals surface area (Å²) >= 11 is 0. The number of pyridine rings is 1. The Bertz CT molecular complexity index is 393. The highest BCUT2D eigenvalue weighted by molar-refractivity contribution is 5.48. The number of aromatic nitrogens is 1. The lowest BCUT2D eigenvalue weighted by molar-refractivity contribution is 0.183. The first-order valence-electron chi connectivity index (χ1n) is 5.58.